The molecule has 1 aliphatic heterocycles. The van der Waals surface area contributed by atoms with Gasteiger partial charge in [0.15, 0.2) is 0 Å². The Balaban J connectivity index is 2.20. The molecule has 0 saturated carbocycles. The summed E-state index contributed by atoms with van der Waals surface area (Å²) in [5.41, 5.74) is 0.320. The van der Waals surface area contributed by atoms with Gasteiger partial charge in [0, 0.05) is 24.9 Å². The van der Waals surface area contributed by atoms with Gasteiger partial charge in [-0.05, 0) is 44.4 Å². The van der Waals surface area contributed by atoms with Crippen molar-refractivity contribution in [2.45, 2.75) is 50.2 Å². The third kappa shape index (κ3) is 4.68. The molecular formula is C16H24N2O5S. The first-order valence-electron chi connectivity index (χ1n) is 8.08. The molecular weight excluding hydrogens is 332 g/mol. The molecule has 0 aromatic heterocycles. The number of rotatable bonds is 8. The Morgan fingerprint density at radius 3 is 2.79 bits per heavy atom. The van der Waals surface area contributed by atoms with Crippen LogP contribution in [0.4, 0.5) is 5.69 Å². The highest BCUT2D eigenvalue weighted by Gasteiger charge is 2.21. The predicted octanol–water partition coefficient (Wildman–Crippen LogP) is 2.05. The third-order valence-corrected chi connectivity index (χ3v) is 5.63. The Kier molecular flexibility index (Phi) is 6.20. The summed E-state index contributed by atoms with van der Waals surface area (Å²) in [5.74, 6) is -1.18. The average molecular weight is 356 g/mol. The topological polar surface area (TPSA) is 105 Å². The van der Waals surface area contributed by atoms with Crippen LogP contribution in [0.15, 0.2) is 23.1 Å². The molecule has 0 radical (unpaired) electrons. The van der Waals surface area contributed by atoms with E-state index >= 15 is 0 Å². The summed E-state index contributed by atoms with van der Waals surface area (Å²) in [7, 11) is -3.74. The zero-order chi connectivity index (χ0) is 17.7. The Bertz CT molecular complexity index is 684. The van der Waals surface area contributed by atoms with Gasteiger partial charge < -0.3 is 15.2 Å². The number of carboxylic acids is 1. The van der Waals surface area contributed by atoms with Crippen LogP contribution in [0.3, 0.4) is 0 Å². The van der Waals surface area contributed by atoms with Crippen LogP contribution in [0.2, 0.25) is 0 Å². The van der Waals surface area contributed by atoms with Gasteiger partial charge in [0.25, 0.3) is 0 Å². The Morgan fingerprint density at radius 1 is 1.46 bits per heavy atom. The molecule has 2 rings (SSSR count). The second-order valence-electron chi connectivity index (χ2n) is 5.96. The van der Waals surface area contributed by atoms with Crippen LogP contribution in [-0.4, -0.2) is 44.8 Å². The molecule has 24 heavy (non-hydrogen) atoms. The van der Waals surface area contributed by atoms with Crippen molar-refractivity contribution in [2.24, 2.45) is 0 Å². The minimum absolute atomic E-state index is 0.0529. The standard InChI is InChI=1S/C16H24N2O5S/c1-3-11(2)18-24(21,22)13-6-7-15(14(9-13)16(19)20)17-10-12-5-4-8-23-12/h6-7,9,11-12,17-18H,3-5,8,10H2,1-2H3,(H,19,20)/t11-,12+/m1/s1. The van der Waals surface area contributed by atoms with Crippen molar-refractivity contribution in [3.05, 3.63) is 23.8 Å². The van der Waals surface area contributed by atoms with E-state index in [1.807, 2.05) is 6.92 Å². The van der Waals surface area contributed by atoms with Gasteiger partial charge in [-0.1, -0.05) is 6.92 Å². The van der Waals surface area contributed by atoms with Crippen LogP contribution >= 0.6 is 0 Å². The lowest BCUT2D eigenvalue weighted by atomic mass is 10.1. The molecule has 0 spiro atoms. The number of nitrogens with one attached hydrogen (secondary N) is 2. The van der Waals surface area contributed by atoms with E-state index in [-0.39, 0.29) is 22.6 Å². The monoisotopic (exact) mass is 356 g/mol. The fourth-order valence-corrected chi connectivity index (χ4v) is 3.82. The molecule has 0 bridgehead atoms. The zero-order valence-corrected chi connectivity index (χ0v) is 14.7. The Labute approximate surface area is 142 Å². The first kappa shape index (κ1) is 18.7. The fourth-order valence-electron chi connectivity index (χ4n) is 2.47. The van der Waals surface area contributed by atoms with Gasteiger partial charge >= 0.3 is 5.97 Å². The summed E-state index contributed by atoms with van der Waals surface area (Å²) < 4.78 is 32.6. The zero-order valence-electron chi connectivity index (χ0n) is 13.9. The number of sulfonamides is 1. The smallest absolute Gasteiger partial charge is 0.337 e. The number of carbonyl (C=O) groups is 1. The highest BCUT2D eigenvalue weighted by molar-refractivity contribution is 7.89. The highest BCUT2D eigenvalue weighted by Crippen LogP contribution is 2.22. The van der Waals surface area contributed by atoms with Crippen LogP contribution in [0.1, 0.15) is 43.5 Å². The van der Waals surface area contributed by atoms with Crippen LogP contribution in [0, 0.1) is 0 Å². The maximum absolute atomic E-state index is 12.3. The van der Waals surface area contributed by atoms with Crippen LogP contribution < -0.4 is 10.0 Å². The maximum atomic E-state index is 12.3. The second kappa shape index (κ2) is 7.96. The molecule has 2 atom stereocenters. The lowest BCUT2D eigenvalue weighted by molar-refractivity contribution is 0.0697. The molecule has 1 aromatic rings. The van der Waals surface area contributed by atoms with Gasteiger partial charge in [-0.15, -0.1) is 0 Å². The van der Waals surface area contributed by atoms with Gasteiger partial charge in [-0.25, -0.2) is 17.9 Å². The van der Waals surface area contributed by atoms with Gasteiger partial charge in [0.05, 0.1) is 16.6 Å². The second-order valence-corrected chi connectivity index (χ2v) is 7.67. The molecule has 8 heteroatoms. The summed E-state index contributed by atoms with van der Waals surface area (Å²) in [6, 6.07) is 3.87. The molecule has 7 nitrogen and oxygen atoms in total. The van der Waals surface area contributed by atoms with Crippen molar-refractivity contribution in [1.82, 2.24) is 4.72 Å². The molecule has 1 aliphatic rings. The molecule has 0 unspecified atom stereocenters. The molecule has 1 heterocycles. The highest BCUT2D eigenvalue weighted by atomic mass is 32.2. The summed E-state index contributed by atoms with van der Waals surface area (Å²) in [5, 5.41) is 12.4. The SMILES string of the molecule is CC[C@@H](C)NS(=O)(=O)c1ccc(NC[C@@H]2CCCO2)c(C(=O)O)c1. The van der Waals surface area contributed by atoms with E-state index in [1.165, 1.54) is 18.2 Å². The molecule has 1 saturated heterocycles. The van der Waals surface area contributed by atoms with Crippen molar-refractivity contribution in [3.63, 3.8) is 0 Å². The van der Waals surface area contributed by atoms with E-state index in [2.05, 4.69) is 10.0 Å². The van der Waals surface area contributed by atoms with E-state index < -0.39 is 16.0 Å². The van der Waals surface area contributed by atoms with Gasteiger partial charge in [0.2, 0.25) is 10.0 Å². The largest absolute Gasteiger partial charge is 0.478 e. The van der Waals surface area contributed by atoms with E-state index in [0.717, 1.165) is 19.4 Å². The lowest BCUT2D eigenvalue weighted by Gasteiger charge is -2.16. The number of anilines is 1. The lowest BCUT2D eigenvalue weighted by Crippen LogP contribution is -2.32. The van der Waals surface area contributed by atoms with Gasteiger partial charge in [0.1, 0.15) is 0 Å². The quantitative estimate of drug-likeness (QED) is 0.658. The number of benzene rings is 1. The maximum Gasteiger partial charge on any atom is 0.337 e. The van der Waals surface area contributed by atoms with Crippen LogP contribution in [0.5, 0.6) is 0 Å². The van der Waals surface area contributed by atoms with Gasteiger partial charge in [-0.2, -0.15) is 0 Å². The van der Waals surface area contributed by atoms with Crippen molar-refractivity contribution in [1.29, 1.82) is 0 Å². The number of hydrogen-bond acceptors (Lipinski definition) is 5. The normalized spacial score (nSPS) is 19.2. The third-order valence-electron chi connectivity index (χ3n) is 4.04. The number of hydrogen-bond donors (Lipinski definition) is 3. The molecule has 1 fully saturated rings. The van der Waals surface area contributed by atoms with E-state index in [4.69, 9.17) is 4.74 Å². The van der Waals surface area contributed by atoms with Crippen molar-refractivity contribution in [2.75, 3.05) is 18.5 Å². The van der Waals surface area contributed by atoms with E-state index in [1.54, 1.807) is 6.92 Å². The minimum atomic E-state index is -3.74. The predicted molar refractivity (Wildman–Crippen MR) is 90.9 cm³/mol. The number of ether oxygens (including phenoxy) is 1. The van der Waals surface area contributed by atoms with Crippen molar-refractivity contribution >= 4 is 21.7 Å². The molecule has 0 amide bonds. The minimum Gasteiger partial charge on any atom is -0.478 e. The Morgan fingerprint density at radius 2 is 2.21 bits per heavy atom. The van der Waals surface area contributed by atoms with Crippen LogP contribution in [-0.2, 0) is 14.8 Å². The average Bonchev–Trinajstić information content (AvgIpc) is 3.05. The van der Waals surface area contributed by atoms with Gasteiger partial charge in [-0.3, -0.25) is 0 Å². The van der Waals surface area contributed by atoms with Crippen molar-refractivity contribution in [3.8, 4) is 0 Å². The summed E-state index contributed by atoms with van der Waals surface area (Å²) in [6.07, 6.45) is 2.63. The summed E-state index contributed by atoms with van der Waals surface area (Å²) in [6.45, 7) is 4.84. The molecule has 3 N–H and O–H groups in total. The molecule has 134 valence electrons. The van der Waals surface area contributed by atoms with E-state index in [9.17, 15) is 18.3 Å². The number of carboxylic acid groups (broad SMARTS) is 1. The number of aromatic carboxylic acids is 1. The first-order chi connectivity index (χ1) is 11.3. The Hall–Kier alpha value is -1.64. The molecule has 0 aliphatic carbocycles. The van der Waals surface area contributed by atoms with Crippen LogP contribution in [0.25, 0.3) is 0 Å². The molecule has 1 aromatic carbocycles. The van der Waals surface area contributed by atoms with Crippen molar-refractivity contribution < 1.29 is 23.1 Å². The summed E-state index contributed by atoms with van der Waals surface area (Å²) >= 11 is 0. The first-order valence-corrected chi connectivity index (χ1v) is 9.57. The summed E-state index contributed by atoms with van der Waals surface area (Å²) in [4.78, 5) is 11.4. The fraction of sp³-hybridized carbons (Fsp3) is 0.562. The van der Waals surface area contributed by atoms with E-state index in [0.29, 0.717) is 18.7 Å².